The van der Waals surface area contributed by atoms with Gasteiger partial charge in [-0.25, -0.2) is 0 Å². The average Bonchev–Trinajstić information content (AvgIpc) is 3.29. The number of carbonyl (C=O) groups is 2. The zero-order valence-corrected chi connectivity index (χ0v) is 16.7. The summed E-state index contributed by atoms with van der Waals surface area (Å²) in [6.07, 6.45) is 5.58. The molecule has 2 aliphatic rings. The Kier molecular flexibility index (Phi) is 5.79. The van der Waals surface area contributed by atoms with Crippen LogP contribution in [0.15, 0.2) is 29.7 Å². The van der Waals surface area contributed by atoms with Crippen LogP contribution in [0, 0.1) is 0 Å². The molecule has 144 valence electrons. The van der Waals surface area contributed by atoms with E-state index in [0.29, 0.717) is 16.2 Å². The minimum absolute atomic E-state index is 0.293. The van der Waals surface area contributed by atoms with E-state index in [4.69, 9.17) is 9.47 Å². The molecule has 0 aliphatic carbocycles. The minimum atomic E-state index is -0.350. The smallest absolute Gasteiger partial charge is 0.294 e. The van der Waals surface area contributed by atoms with Crippen molar-refractivity contribution in [3.63, 3.8) is 0 Å². The molecule has 2 amide bonds. The van der Waals surface area contributed by atoms with Gasteiger partial charge in [-0.2, -0.15) is 0 Å². The van der Waals surface area contributed by atoms with E-state index in [2.05, 4.69) is 11.5 Å². The molecule has 7 heteroatoms. The Morgan fingerprint density at radius 3 is 2.41 bits per heavy atom. The van der Waals surface area contributed by atoms with Crippen LogP contribution >= 0.6 is 11.8 Å². The number of benzene rings is 1. The molecule has 0 unspecified atom stereocenters. The molecule has 0 radical (unpaired) electrons. The van der Waals surface area contributed by atoms with Crippen LogP contribution in [0.5, 0.6) is 11.5 Å². The van der Waals surface area contributed by atoms with Gasteiger partial charge >= 0.3 is 0 Å². The highest BCUT2D eigenvalue weighted by Crippen LogP contribution is 2.40. The van der Waals surface area contributed by atoms with Gasteiger partial charge in [0.1, 0.15) is 11.5 Å². The summed E-state index contributed by atoms with van der Waals surface area (Å²) in [5.74, 6) is 1.05. The zero-order chi connectivity index (χ0) is 19.6. The highest BCUT2D eigenvalue weighted by Gasteiger charge is 2.37. The molecule has 27 heavy (non-hydrogen) atoms. The molecule has 0 bridgehead atoms. The van der Waals surface area contributed by atoms with Crippen LogP contribution in [0.3, 0.4) is 0 Å². The van der Waals surface area contributed by atoms with Gasteiger partial charge in [-0.3, -0.25) is 14.5 Å². The normalized spacial score (nSPS) is 19.7. The largest absolute Gasteiger partial charge is 0.496 e. The molecule has 0 N–H and O–H groups in total. The molecule has 0 saturated carbocycles. The summed E-state index contributed by atoms with van der Waals surface area (Å²) >= 11 is 0.926. The second kappa shape index (κ2) is 8.08. The van der Waals surface area contributed by atoms with Gasteiger partial charge in [0, 0.05) is 24.7 Å². The van der Waals surface area contributed by atoms with Gasteiger partial charge in [-0.1, -0.05) is 6.08 Å². The van der Waals surface area contributed by atoms with E-state index < -0.39 is 0 Å². The third-order valence-electron chi connectivity index (χ3n) is 4.84. The Labute approximate surface area is 163 Å². The highest BCUT2D eigenvalue weighted by atomic mass is 32.2. The van der Waals surface area contributed by atoms with Crippen LogP contribution in [0.1, 0.15) is 25.3 Å². The molecule has 2 fully saturated rings. The van der Waals surface area contributed by atoms with E-state index in [-0.39, 0.29) is 17.2 Å². The van der Waals surface area contributed by atoms with Crippen molar-refractivity contribution in [1.82, 2.24) is 4.90 Å². The lowest BCUT2D eigenvalue weighted by Crippen LogP contribution is -2.35. The third-order valence-corrected chi connectivity index (χ3v) is 5.72. The molecule has 0 aromatic heterocycles. The third kappa shape index (κ3) is 3.69. The Balaban J connectivity index is 1.99. The average molecular weight is 388 g/mol. The van der Waals surface area contributed by atoms with Crippen molar-refractivity contribution in [2.45, 2.75) is 25.8 Å². The van der Waals surface area contributed by atoms with Crippen LogP contribution < -0.4 is 14.4 Å². The molecule has 1 aromatic rings. The highest BCUT2D eigenvalue weighted by molar-refractivity contribution is 8.18. The summed E-state index contributed by atoms with van der Waals surface area (Å²) in [5, 5.41) is -0.293. The van der Waals surface area contributed by atoms with E-state index in [0.717, 1.165) is 49.1 Å². The van der Waals surface area contributed by atoms with E-state index >= 15 is 0 Å². The number of methoxy groups -OCH3 is 2. The van der Waals surface area contributed by atoms with Crippen LogP contribution in [0.2, 0.25) is 0 Å². The zero-order valence-electron chi connectivity index (χ0n) is 15.9. The molecule has 6 nitrogen and oxygen atoms in total. The first-order chi connectivity index (χ1) is 13.0. The summed E-state index contributed by atoms with van der Waals surface area (Å²) in [6.45, 7) is 7.40. The Morgan fingerprint density at radius 2 is 1.81 bits per heavy atom. The SMILES string of the molecule is C=C[C@H](C)N1C(=O)S/C(=C\c2cc(OC)c(N3CCCC3)cc2OC)C1=O. The lowest BCUT2D eigenvalue weighted by molar-refractivity contribution is -0.123. The molecule has 2 aliphatic heterocycles. The summed E-state index contributed by atoms with van der Waals surface area (Å²) in [7, 11) is 3.23. The van der Waals surface area contributed by atoms with Gasteiger partial charge in [-0.15, -0.1) is 6.58 Å². The lowest BCUT2D eigenvalue weighted by Gasteiger charge is -2.22. The van der Waals surface area contributed by atoms with Gasteiger partial charge < -0.3 is 14.4 Å². The van der Waals surface area contributed by atoms with Crippen LogP contribution in [0.25, 0.3) is 6.08 Å². The van der Waals surface area contributed by atoms with Gasteiger partial charge in [0.05, 0.1) is 30.9 Å². The van der Waals surface area contributed by atoms with Crippen molar-refractivity contribution in [3.05, 3.63) is 35.3 Å². The summed E-state index contributed by atoms with van der Waals surface area (Å²) in [5.41, 5.74) is 1.69. The van der Waals surface area contributed by atoms with E-state index in [1.165, 1.54) is 4.90 Å². The summed E-state index contributed by atoms with van der Waals surface area (Å²) in [4.78, 5) is 28.7. The fraction of sp³-hybridized carbons (Fsp3) is 0.400. The maximum absolute atomic E-state index is 12.6. The molecule has 3 rings (SSSR count). The van der Waals surface area contributed by atoms with Crippen LogP contribution in [0.4, 0.5) is 10.5 Å². The molecular formula is C20H24N2O4S. The van der Waals surface area contributed by atoms with Gasteiger partial charge in [-0.05, 0) is 43.7 Å². The first-order valence-electron chi connectivity index (χ1n) is 8.90. The van der Waals surface area contributed by atoms with Crippen molar-refractivity contribution in [1.29, 1.82) is 0 Å². The van der Waals surface area contributed by atoms with Crippen LogP contribution in [-0.4, -0.2) is 49.4 Å². The number of hydrogen-bond donors (Lipinski definition) is 0. The first-order valence-corrected chi connectivity index (χ1v) is 9.72. The topological polar surface area (TPSA) is 59.1 Å². The quantitative estimate of drug-likeness (QED) is 0.544. The number of hydrogen-bond acceptors (Lipinski definition) is 6. The number of imide groups is 1. The number of rotatable bonds is 6. The molecule has 0 spiro atoms. The summed E-state index contributed by atoms with van der Waals surface area (Å²) < 4.78 is 11.1. The molecule has 1 atom stereocenters. The van der Waals surface area contributed by atoms with Crippen molar-refractivity contribution >= 4 is 34.7 Å². The second-order valence-corrected chi connectivity index (χ2v) is 7.48. The number of ether oxygens (including phenoxy) is 2. The predicted octanol–water partition coefficient (Wildman–Crippen LogP) is 3.91. The van der Waals surface area contributed by atoms with E-state index in [1.54, 1.807) is 33.3 Å². The van der Waals surface area contributed by atoms with Gasteiger partial charge in [0.15, 0.2) is 0 Å². The molecular weight excluding hydrogens is 364 g/mol. The molecule has 1 aromatic carbocycles. The second-order valence-electron chi connectivity index (χ2n) is 6.49. The maximum Gasteiger partial charge on any atom is 0.294 e. The van der Waals surface area contributed by atoms with Gasteiger partial charge in [0.25, 0.3) is 11.1 Å². The van der Waals surface area contributed by atoms with Crippen LogP contribution in [-0.2, 0) is 4.79 Å². The maximum atomic E-state index is 12.6. The van der Waals surface area contributed by atoms with Gasteiger partial charge in [0.2, 0.25) is 0 Å². The van der Waals surface area contributed by atoms with Crippen molar-refractivity contribution in [3.8, 4) is 11.5 Å². The minimum Gasteiger partial charge on any atom is -0.496 e. The Hall–Kier alpha value is -2.41. The van der Waals surface area contributed by atoms with Crippen molar-refractivity contribution in [2.24, 2.45) is 0 Å². The lowest BCUT2D eigenvalue weighted by atomic mass is 10.1. The van der Waals surface area contributed by atoms with Crippen molar-refractivity contribution in [2.75, 3.05) is 32.2 Å². The first kappa shape index (κ1) is 19.4. The van der Waals surface area contributed by atoms with Crippen molar-refractivity contribution < 1.29 is 19.1 Å². The number of amides is 2. The summed E-state index contributed by atoms with van der Waals surface area (Å²) in [6, 6.07) is 3.45. The standard InChI is InChI=1S/C20H24N2O4S/c1-5-13(2)22-19(23)18(27-20(22)24)11-14-10-17(26-4)15(12-16(14)25-3)21-8-6-7-9-21/h5,10-13H,1,6-9H2,2-4H3/b18-11-/t13-/m0/s1. The number of thioether (sulfide) groups is 1. The fourth-order valence-corrected chi connectivity index (χ4v) is 4.21. The predicted molar refractivity (Wildman–Crippen MR) is 108 cm³/mol. The molecule has 2 heterocycles. The number of anilines is 1. The van der Waals surface area contributed by atoms with E-state index in [1.807, 2.05) is 12.1 Å². The number of nitrogens with zero attached hydrogens (tertiary/aromatic N) is 2. The molecule has 2 saturated heterocycles. The Bertz CT molecular complexity index is 799. The Morgan fingerprint density at radius 1 is 1.15 bits per heavy atom. The monoisotopic (exact) mass is 388 g/mol. The van der Waals surface area contributed by atoms with E-state index in [9.17, 15) is 9.59 Å². The number of carbonyl (C=O) groups excluding carboxylic acids is 2. The fourth-order valence-electron chi connectivity index (χ4n) is 3.30.